The molecule has 1 nitrogen and oxygen atoms in total. The van der Waals surface area contributed by atoms with Crippen molar-refractivity contribution in [3.63, 3.8) is 0 Å². The van der Waals surface area contributed by atoms with Gasteiger partial charge in [-0.1, -0.05) is 43.1 Å². The standard InChI is InChI=1S/C16H17BrClN/c1-2-3-12-4-7-14(8-5-12)19-11-13-6-9-16(18)15(17)10-13/h4-10,19H,2-3,11H2,1H3. The highest BCUT2D eigenvalue weighted by molar-refractivity contribution is 9.10. The molecule has 0 saturated carbocycles. The number of nitrogens with one attached hydrogen (secondary N) is 1. The molecule has 0 heterocycles. The maximum atomic E-state index is 5.98. The van der Waals surface area contributed by atoms with Gasteiger partial charge in [-0.2, -0.15) is 0 Å². The summed E-state index contributed by atoms with van der Waals surface area (Å²) in [4.78, 5) is 0. The van der Waals surface area contributed by atoms with Crippen molar-refractivity contribution in [2.24, 2.45) is 0 Å². The van der Waals surface area contributed by atoms with Gasteiger partial charge in [-0.25, -0.2) is 0 Å². The fourth-order valence-electron chi connectivity index (χ4n) is 1.93. The highest BCUT2D eigenvalue weighted by Gasteiger charge is 1.99. The van der Waals surface area contributed by atoms with E-state index < -0.39 is 0 Å². The molecule has 0 amide bonds. The summed E-state index contributed by atoms with van der Waals surface area (Å²) in [6.45, 7) is 2.99. The third kappa shape index (κ3) is 4.26. The van der Waals surface area contributed by atoms with Crippen molar-refractivity contribution in [2.75, 3.05) is 5.32 Å². The van der Waals surface area contributed by atoms with Gasteiger partial charge in [0, 0.05) is 16.7 Å². The van der Waals surface area contributed by atoms with E-state index in [2.05, 4.69) is 52.4 Å². The van der Waals surface area contributed by atoms with Crippen LogP contribution in [-0.2, 0) is 13.0 Å². The van der Waals surface area contributed by atoms with Crippen LogP contribution in [0.5, 0.6) is 0 Å². The Kier molecular flexibility index (Phi) is 5.29. The van der Waals surface area contributed by atoms with Crippen LogP contribution < -0.4 is 5.32 Å². The van der Waals surface area contributed by atoms with Crippen LogP contribution in [0.1, 0.15) is 24.5 Å². The second kappa shape index (κ2) is 6.97. The largest absolute Gasteiger partial charge is 0.381 e. The molecule has 0 spiro atoms. The molecule has 100 valence electrons. The van der Waals surface area contributed by atoms with Crippen molar-refractivity contribution in [3.8, 4) is 0 Å². The number of anilines is 1. The van der Waals surface area contributed by atoms with E-state index in [0.717, 1.165) is 28.1 Å². The van der Waals surface area contributed by atoms with E-state index in [1.165, 1.54) is 17.5 Å². The topological polar surface area (TPSA) is 12.0 Å². The molecule has 0 aliphatic heterocycles. The van der Waals surface area contributed by atoms with E-state index in [-0.39, 0.29) is 0 Å². The van der Waals surface area contributed by atoms with Crippen LogP contribution in [0.3, 0.4) is 0 Å². The maximum Gasteiger partial charge on any atom is 0.0548 e. The van der Waals surface area contributed by atoms with Gasteiger partial charge in [0.25, 0.3) is 0 Å². The monoisotopic (exact) mass is 337 g/mol. The molecule has 3 heteroatoms. The zero-order valence-electron chi connectivity index (χ0n) is 10.9. The summed E-state index contributed by atoms with van der Waals surface area (Å²) in [5.41, 5.74) is 3.74. The summed E-state index contributed by atoms with van der Waals surface area (Å²) in [6, 6.07) is 14.6. The molecule has 0 unspecified atom stereocenters. The van der Waals surface area contributed by atoms with Crippen molar-refractivity contribution in [1.29, 1.82) is 0 Å². The number of rotatable bonds is 5. The number of aryl methyl sites for hydroxylation is 1. The minimum absolute atomic E-state index is 0.743. The van der Waals surface area contributed by atoms with Crippen LogP contribution in [0.2, 0.25) is 5.02 Å². The highest BCUT2D eigenvalue weighted by atomic mass is 79.9. The van der Waals surface area contributed by atoms with Crippen LogP contribution in [0.25, 0.3) is 0 Å². The molecule has 0 bridgehead atoms. The van der Waals surface area contributed by atoms with Crippen LogP contribution in [-0.4, -0.2) is 0 Å². The molecule has 1 N–H and O–H groups in total. The lowest BCUT2D eigenvalue weighted by Crippen LogP contribution is -1.99. The molecule has 2 aromatic carbocycles. The van der Waals surface area contributed by atoms with Gasteiger partial charge in [-0.3, -0.25) is 0 Å². The fraction of sp³-hybridized carbons (Fsp3) is 0.250. The molecule has 2 rings (SSSR count). The Morgan fingerprint density at radius 2 is 1.74 bits per heavy atom. The summed E-state index contributed by atoms with van der Waals surface area (Å²) in [6.07, 6.45) is 2.33. The van der Waals surface area contributed by atoms with Gasteiger partial charge in [0.05, 0.1) is 5.02 Å². The molecular formula is C16H17BrClN. The molecule has 0 atom stereocenters. The molecule has 0 radical (unpaired) electrons. The van der Waals surface area contributed by atoms with Gasteiger partial charge in [0.15, 0.2) is 0 Å². The molecule has 0 saturated heterocycles. The molecule has 0 aromatic heterocycles. The Hall–Kier alpha value is -0.990. The van der Waals surface area contributed by atoms with Crippen molar-refractivity contribution in [3.05, 3.63) is 63.1 Å². The first-order chi connectivity index (χ1) is 9.19. The number of hydrogen-bond donors (Lipinski definition) is 1. The molecule has 0 aliphatic rings. The van der Waals surface area contributed by atoms with Crippen molar-refractivity contribution in [2.45, 2.75) is 26.3 Å². The van der Waals surface area contributed by atoms with E-state index in [9.17, 15) is 0 Å². The summed E-state index contributed by atoms with van der Waals surface area (Å²) < 4.78 is 0.937. The first kappa shape index (κ1) is 14.4. The average molecular weight is 339 g/mol. The predicted molar refractivity (Wildman–Crippen MR) is 86.9 cm³/mol. The van der Waals surface area contributed by atoms with E-state index in [4.69, 9.17) is 11.6 Å². The number of benzene rings is 2. The zero-order chi connectivity index (χ0) is 13.7. The molecule has 0 aliphatic carbocycles. The Morgan fingerprint density at radius 3 is 2.37 bits per heavy atom. The second-order valence-corrected chi connectivity index (χ2v) is 5.81. The zero-order valence-corrected chi connectivity index (χ0v) is 13.3. The third-order valence-corrected chi connectivity index (χ3v) is 4.19. The van der Waals surface area contributed by atoms with E-state index in [1.54, 1.807) is 0 Å². The van der Waals surface area contributed by atoms with Gasteiger partial charge in [0.1, 0.15) is 0 Å². The lowest BCUT2D eigenvalue weighted by molar-refractivity contribution is 0.922. The minimum atomic E-state index is 0.743. The normalized spacial score (nSPS) is 10.5. The Labute approximate surface area is 128 Å². The first-order valence-electron chi connectivity index (χ1n) is 6.46. The quantitative estimate of drug-likeness (QED) is 0.741. The van der Waals surface area contributed by atoms with Crippen molar-refractivity contribution in [1.82, 2.24) is 0 Å². The van der Waals surface area contributed by atoms with Gasteiger partial charge in [-0.15, -0.1) is 0 Å². The second-order valence-electron chi connectivity index (χ2n) is 4.55. The average Bonchev–Trinajstić information content (AvgIpc) is 2.42. The van der Waals surface area contributed by atoms with Gasteiger partial charge >= 0.3 is 0 Å². The summed E-state index contributed by atoms with van der Waals surface area (Å²) >= 11 is 9.42. The first-order valence-corrected chi connectivity index (χ1v) is 7.63. The van der Waals surface area contributed by atoms with Gasteiger partial charge in [0.2, 0.25) is 0 Å². The Bertz CT molecular complexity index is 537. The van der Waals surface area contributed by atoms with Crippen molar-refractivity contribution >= 4 is 33.2 Å². The van der Waals surface area contributed by atoms with Crippen LogP contribution in [0.15, 0.2) is 46.9 Å². The Morgan fingerprint density at radius 1 is 1.05 bits per heavy atom. The third-order valence-electron chi connectivity index (χ3n) is 2.97. The number of hydrogen-bond acceptors (Lipinski definition) is 1. The van der Waals surface area contributed by atoms with Crippen molar-refractivity contribution < 1.29 is 0 Å². The van der Waals surface area contributed by atoms with E-state index >= 15 is 0 Å². The molecular weight excluding hydrogens is 322 g/mol. The van der Waals surface area contributed by atoms with Gasteiger partial charge < -0.3 is 5.32 Å². The molecule has 2 aromatic rings. The lowest BCUT2D eigenvalue weighted by Gasteiger charge is -2.08. The number of halogens is 2. The predicted octanol–water partition coefficient (Wildman–Crippen LogP) is 5.67. The summed E-state index contributed by atoms with van der Waals surface area (Å²) in [7, 11) is 0. The maximum absolute atomic E-state index is 5.98. The SMILES string of the molecule is CCCc1ccc(NCc2ccc(Cl)c(Br)c2)cc1. The molecule has 19 heavy (non-hydrogen) atoms. The fourth-order valence-corrected chi connectivity index (χ4v) is 2.48. The summed E-state index contributed by atoms with van der Waals surface area (Å²) in [5.74, 6) is 0. The Balaban J connectivity index is 1.96. The van der Waals surface area contributed by atoms with Crippen LogP contribution >= 0.6 is 27.5 Å². The smallest absolute Gasteiger partial charge is 0.0548 e. The van der Waals surface area contributed by atoms with Crippen LogP contribution in [0, 0.1) is 0 Å². The van der Waals surface area contributed by atoms with E-state index in [1.807, 2.05) is 18.2 Å². The van der Waals surface area contributed by atoms with Gasteiger partial charge in [-0.05, 0) is 57.7 Å². The minimum Gasteiger partial charge on any atom is -0.381 e. The molecule has 0 fully saturated rings. The van der Waals surface area contributed by atoms with E-state index in [0.29, 0.717) is 0 Å². The lowest BCUT2D eigenvalue weighted by atomic mass is 10.1. The highest BCUT2D eigenvalue weighted by Crippen LogP contribution is 2.23. The summed E-state index contributed by atoms with van der Waals surface area (Å²) in [5, 5.41) is 4.16. The van der Waals surface area contributed by atoms with Crippen LogP contribution in [0.4, 0.5) is 5.69 Å².